The van der Waals surface area contributed by atoms with Gasteiger partial charge in [-0.05, 0) is 43.2 Å². The van der Waals surface area contributed by atoms with Crippen molar-refractivity contribution >= 4 is 34.7 Å². The maximum Gasteiger partial charge on any atom is 0.328 e. The third-order valence-corrected chi connectivity index (χ3v) is 7.00. The Morgan fingerprint density at radius 2 is 1.85 bits per heavy atom. The molecule has 1 fully saturated rings. The Balaban J connectivity index is 1.71. The number of urea groups is 1. The van der Waals surface area contributed by atoms with E-state index in [1.165, 1.54) is 4.90 Å². The van der Waals surface area contributed by atoms with Crippen molar-refractivity contribution in [1.82, 2.24) is 20.1 Å². The SMILES string of the molecule is CC(C)CC(NC(=O)C(C(C)C)N1C(=O)N2CCc3c([nH]c4ccccc34)C2(C)C1=O)C(=O)O. The van der Waals surface area contributed by atoms with Crippen LogP contribution in [0.15, 0.2) is 24.3 Å². The lowest BCUT2D eigenvalue weighted by molar-refractivity contribution is -0.145. The Hall–Kier alpha value is -3.36. The highest BCUT2D eigenvalue weighted by atomic mass is 16.4. The van der Waals surface area contributed by atoms with E-state index in [4.69, 9.17) is 0 Å². The zero-order chi connectivity index (χ0) is 24.9. The predicted octanol–water partition coefficient (Wildman–Crippen LogP) is 2.84. The molecule has 0 aliphatic carbocycles. The van der Waals surface area contributed by atoms with Crippen molar-refractivity contribution in [3.63, 3.8) is 0 Å². The minimum atomic E-state index is -1.26. The van der Waals surface area contributed by atoms with Crippen LogP contribution in [-0.4, -0.2) is 62.3 Å². The Morgan fingerprint density at radius 1 is 1.18 bits per heavy atom. The van der Waals surface area contributed by atoms with Crippen LogP contribution in [0.5, 0.6) is 0 Å². The van der Waals surface area contributed by atoms with E-state index in [9.17, 15) is 24.3 Å². The number of carboxylic acids is 1. The fourth-order valence-corrected chi connectivity index (χ4v) is 5.33. The number of carboxylic acid groups (broad SMARTS) is 1. The molecule has 3 heterocycles. The summed E-state index contributed by atoms with van der Waals surface area (Å²) in [5.74, 6) is -2.62. The number of imide groups is 1. The summed E-state index contributed by atoms with van der Waals surface area (Å²) in [6, 6.07) is 5.03. The molecule has 9 nitrogen and oxygen atoms in total. The quantitative estimate of drug-likeness (QED) is 0.539. The fraction of sp³-hybridized carbons (Fsp3) is 0.520. The third kappa shape index (κ3) is 3.54. The number of aromatic nitrogens is 1. The first-order chi connectivity index (χ1) is 16.0. The van der Waals surface area contributed by atoms with E-state index >= 15 is 0 Å². The van der Waals surface area contributed by atoms with Gasteiger partial charge in [-0.15, -0.1) is 0 Å². The molecule has 2 aliphatic heterocycles. The van der Waals surface area contributed by atoms with Gasteiger partial charge in [-0.3, -0.25) is 9.59 Å². The number of rotatable bonds is 7. The molecule has 0 spiro atoms. The number of benzene rings is 1. The van der Waals surface area contributed by atoms with Crippen molar-refractivity contribution in [3.05, 3.63) is 35.5 Å². The number of nitrogens with zero attached hydrogens (tertiary/aromatic N) is 2. The van der Waals surface area contributed by atoms with Gasteiger partial charge in [0.15, 0.2) is 5.54 Å². The Kier molecular flexibility index (Phi) is 5.91. The number of nitrogens with one attached hydrogen (secondary N) is 2. The molecule has 2 aliphatic rings. The molecule has 0 saturated carbocycles. The van der Waals surface area contributed by atoms with E-state index in [2.05, 4.69) is 10.3 Å². The van der Waals surface area contributed by atoms with Gasteiger partial charge in [0, 0.05) is 17.4 Å². The lowest BCUT2D eigenvalue weighted by atomic mass is 9.86. The number of aliphatic carboxylic acids is 1. The molecule has 1 aromatic heterocycles. The van der Waals surface area contributed by atoms with E-state index in [0.717, 1.165) is 21.4 Å². The first kappa shape index (κ1) is 23.8. The molecule has 0 bridgehead atoms. The second-order valence-electron chi connectivity index (χ2n) is 10.2. The molecular weight excluding hydrogens is 436 g/mol. The molecule has 0 radical (unpaired) electrons. The standard InChI is InChI=1S/C25H32N4O5/c1-13(2)12-18(22(31)32)27-21(30)19(14(3)4)29-23(33)25(5)20-16(10-11-28(25)24(29)34)15-8-6-7-9-17(15)26-20/h6-9,13-14,18-19,26H,10-12H2,1-5H3,(H,27,30)(H,31,32). The molecule has 9 heteroatoms. The van der Waals surface area contributed by atoms with Crippen LogP contribution in [0, 0.1) is 11.8 Å². The van der Waals surface area contributed by atoms with Crippen LogP contribution < -0.4 is 5.32 Å². The topological polar surface area (TPSA) is 123 Å². The van der Waals surface area contributed by atoms with Crippen LogP contribution in [0.2, 0.25) is 0 Å². The van der Waals surface area contributed by atoms with Crippen molar-refractivity contribution in [3.8, 4) is 0 Å². The number of hydrogen-bond donors (Lipinski definition) is 3. The number of H-pyrrole nitrogens is 1. The zero-order valence-corrected chi connectivity index (χ0v) is 20.2. The number of para-hydroxylation sites is 1. The maximum absolute atomic E-state index is 13.9. The summed E-state index contributed by atoms with van der Waals surface area (Å²) in [6.45, 7) is 9.30. The van der Waals surface area contributed by atoms with Crippen molar-refractivity contribution < 1.29 is 24.3 Å². The van der Waals surface area contributed by atoms with Gasteiger partial charge in [0.05, 0.1) is 5.69 Å². The van der Waals surface area contributed by atoms with Crippen molar-refractivity contribution in [2.24, 2.45) is 11.8 Å². The molecule has 3 atom stereocenters. The lowest BCUT2D eigenvalue weighted by Gasteiger charge is -2.36. The van der Waals surface area contributed by atoms with Crippen LogP contribution in [-0.2, 0) is 26.3 Å². The monoisotopic (exact) mass is 468 g/mol. The Labute approximate surface area is 198 Å². The van der Waals surface area contributed by atoms with Gasteiger partial charge in [-0.25, -0.2) is 14.5 Å². The number of amides is 4. The smallest absolute Gasteiger partial charge is 0.328 e. The van der Waals surface area contributed by atoms with Gasteiger partial charge < -0.3 is 20.3 Å². The minimum Gasteiger partial charge on any atom is -0.480 e. The first-order valence-electron chi connectivity index (χ1n) is 11.8. The third-order valence-electron chi connectivity index (χ3n) is 7.00. The molecule has 4 rings (SSSR count). The van der Waals surface area contributed by atoms with Crippen LogP contribution >= 0.6 is 0 Å². The van der Waals surface area contributed by atoms with Gasteiger partial charge in [-0.1, -0.05) is 45.9 Å². The molecule has 1 saturated heterocycles. The summed E-state index contributed by atoms with van der Waals surface area (Å²) in [5, 5.41) is 13.2. The summed E-state index contributed by atoms with van der Waals surface area (Å²) >= 11 is 0. The molecule has 4 amide bonds. The predicted molar refractivity (Wildman–Crippen MR) is 126 cm³/mol. The summed E-state index contributed by atoms with van der Waals surface area (Å²) in [5.41, 5.74) is 1.31. The van der Waals surface area contributed by atoms with Crippen molar-refractivity contribution in [1.29, 1.82) is 0 Å². The highest BCUT2D eigenvalue weighted by molar-refractivity contribution is 6.11. The molecule has 2 aromatic rings. The van der Waals surface area contributed by atoms with Crippen LogP contribution in [0.4, 0.5) is 4.79 Å². The summed E-state index contributed by atoms with van der Waals surface area (Å²) < 4.78 is 0. The average molecular weight is 469 g/mol. The average Bonchev–Trinajstić information content (AvgIpc) is 3.23. The molecular formula is C25H32N4O5. The summed E-state index contributed by atoms with van der Waals surface area (Å²) in [7, 11) is 0. The van der Waals surface area contributed by atoms with Crippen LogP contribution in [0.3, 0.4) is 0 Å². The number of carbonyl (C=O) groups is 4. The van der Waals surface area contributed by atoms with Gasteiger partial charge in [0.1, 0.15) is 12.1 Å². The second kappa shape index (κ2) is 8.45. The lowest BCUT2D eigenvalue weighted by Crippen LogP contribution is -2.56. The van der Waals surface area contributed by atoms with Crippen molar-refractivity contribution in [2.45, 2.75) is 65.1 Å². The minimum absolute atomic E-state index is 0.0438. The van der Waals surface area contributed by atoms with Crippen LogP contribution in [0.25, 0.3) is 10.9 Å². The van der Waals surface area contributed by atoms with Gasteiger partial charge >= 0.3 is 12.0 Å². The summed E-state index contributed by atoms with van der Waals surface area (Å²) in [6.07, 6.45) is 0.839. The van der Waals surface area contributed by atoms with Gasteiger partial charge in [-0.2, -0.15) is 0 Å². The van der Waals surface area contributed by atoms with E-state index in [-0.39, 0.29) is 12.3 Å². The van der Waals surface area contributed by atoms with Gasteiger partial charge in [0.25, 0.3) is 5.91 Å². The highest BCUT2D eigenvalue weighted by Crippen LogP contribution is 2.45. The molecule has 3 N–H and O–H groups in total. The van der Waals surface area contributed by atoms with Crippen LogP contribution in [0.1, 0.15) is 52.3 Å². The molecule has 1 aromatic carbocycles. The number of fused-ring (bicyclic) bond motifs is 5. The molecule has 3 unspecified atom stereocenters. The van der Waals surface area contributed by atoms with E-state index in [1.807, 2.05) is 38.1 Å². The van der Waals surface area contributed by atoms with E-state index < -0.39 is 47.4 Å². The number of aromatic amines is 1. The number of hydrogen-bond acceptors (Lipinski definition) is 4. The van der Waals surface area contributed by atoms with E-state index in [0.29, 0.717) is 18.7 Å². The zero-order valence-electron chi connectivity index (χ0n) is 20.2. The first-order valence-corrected chi connectivity index (χ1v) is 11.8. The maximum atomic E-state index is 13.9. The molecule has 34 heavy (non-hydrogen) atoms. The molecule has 182 valence electrons. The highest BCUT2D eigenvalue weighted by Gasteiger charge is 2.61. The Morgan fingerprint density at radius 3 is 2.47 bits per heavy atom. The van der Waals surface area contributed by atoms with Gasteiger partial charge in [0.2, 0.25) is 5.91 Å². The Bertz CT molecular complexity index is 1170. The largest absolute Gasteiger partial charge is 0.480 e. The van der Waals surface area contributed by atoms with Crippen molar-refractivity contribution in [2.75, 3.05) is 6.54 Å². The second-order valence-corrected chi connectivity index (χ2v) is 10.2. The van der Waals surface area contributed by atoms with E-state index in [1.54, 1.807) is 20.8 Å². The normalized spacial score (nSPS) is 21.7. The summed E-state index contributed by atoms with van der Waals surface area (Å²) in [4.78, 5) is 58.4. The number of carbonyl (C=O) groups excluding carboxylic acids is 3. The fourth-order valence-electron chi connectivity index (χ4n) is 5.33.